The highest BCUT2D eigenvalue weighted by Crippen LogP contribution is 2.23. The summed E-state index contributed by atoms with van der Waals surface area (Å²) < 4.78 is 19.2. The van der Waals surface area contributed by atoms with Gasteiger partial charge in [0, 0.05) is 12.8 Å². The average molecular weight is 252 g/mol. The Bertz CT molecular complexity index is 367. The first-order valence-corrected chi connectivity index (χ1v) is 6.70. The summed E-state index contributed by atoms with van der Waals surface area (Å²) in [5.41, 5.74) is 0.521. The van der Waals surface area contributed by atoms with E-state index in [1.807, 2.05) is 7.05 Å². The normalized spacial score (nSPS) is 21.1. The van der Waals surface area contributed by atoms with E-state index < -0.39 is 0 Å². The molecule has 2 rings (SSSR count). The molecule has 1 N–H and O–H groups in total. The van der Waals surface area contributed by atoms with Crippen LogP contribution in [0.1, 0.15) is 43.8 Å². The number of aromatic nitrogens is 1. The lowest BCUT2D eigenvalue weighted by atomic mass is 10.0. The molecule has 2 heterocycles. The smallest absolute Gasteiger partial charge is 0.146 e. The van der Waals surface area contributed by atoms with Crippen molar-refractivity contribution in [2.75, 3.05) is 13.7 Å². The Morgan fingerprint density at radius 2 is 2.50 bits per heavy atom. The van der Waals surface area contributed by atoms with Crippen LogP contribution in [-0.4, -0.2) is 24.7 Å². The Kier molecular flexibility index (Phi) is 5.08. The summed E-state index contributed by atoms with van der Waals surface area (Å²) in [7, 11) is 1.85. The molecule has 0 aromatic carbocycles. The zero-order valence-electron chi connectivity index (χ0n) is 10.9. The number of halogens is 1. The monoisotopic (exact) mass is 252 g/mol. The maximum Gasteiger partial charge on any atom is 0.146 e. The van der Waals surface area contributed by atoms with E-state index >= 15 is 0 Å². The maximum atomic E-state index is 13.6. The molecule has 1 fully saturated rings. The van der Waals surface area contributed by atoms with Gasteiger partial charge >= 0.3 is 0 Å². The van der Waals surface area contributed by atoms with Crippen molar-refractivity contribution in [2.45, 2.75) is 44.2 Å². The van der Waals surface area contributed by atoms with Gasteiger partial charge in [0.25, 0.3) is 0 Å². The largest absolute Gasteiger partial charge is 0.378 e. The second-order valence-electron chi connectivity index (χ2n) is 4.78. The lowest BCUT2D eigenvalue weighted by Crippen LogP contribution is -2.19. The van der Waals surface area contributed by atoms with Crippen LogP contribution < -0.4 is 5.32 Å². The number of hydrogen-bond acceptors (Lipinski definition) is 3. The number of pyridine rings is 1. The fourth-order valence-corrected chi connectivity index (χ4v) is 2.49. The highest BCUT2D eigenvalue weighted by molar-refractivity contribution is 5.11. The Balaban J connectivity index is 1.83. The van der Waals surface area contributed by atoms with Crippen LogP contribution in [0.25, 0.3) is 0 Å². The third kappa shape index (κ3) is 3.50. The van der Waals surface area contributed by atoms with Gasteiger partial charge in [0.15, 0.2) is 0 Å². The maximum absolute atomic E-state index is 13.6. The van der Waals surface area contributed by atoms with Crippen molar-refractivity contribution in [1.82, 2.24) is 10.3 Å². The molecule has 18 heavy (non-hydrogen) atoms. The van der Waals surface area contributed by atoms with E-state index in [1.165, 1.54) is 18.9 Å². The summed E-state index contributed by atoms with van der Waals surface area (Å²) in [5, 5.41) is 3.14. The highest BCUT2D eigenvalue weighted by atomic mass is 19.1. The molecule has 0 bridgehead atoms. The van der Waals surface area contributed by atoms with Crippen LogP contribution in [0.15, 0.2) is 18.3 Å². The molecule has 1 aliphatic rings. The van der Waals surface area contributed by atoms with Gasteiger partial charge in [0.2, 0.25) is 0 Å². The molecule has 0 amide bonds. The molecule has 4 heteroatoms. The molecule has 0 aliphatic carbocycles. The van der Waals surface area contributed by atoms with E-state index in [4.69, 9.17) is 4.74 Å². The van der Waals surface area contributed by atoms with Gasteiger partial charge in [0.05, 0.1) is 17.8 Å². The lowest BCUT2D eigenvalue weighted by molar-refractivity contribution is 0.101. The summed E-state index contributed by atoms with van der Waals surface area (Å²) >= 11 is 0. The summed E-state index contributed by atoms with van der Waals surface area (Å²) in [6.45, 7) is 0.898. The zero-order valence-corrected chi connectivity index (χ0v) is 10.9. The minimum absolute atomic E-state index is 0.00685. The molecule has 1 aromatic rings. The molecule has 2 unspecified atom stereocenters. The topological polar surface area (TPSA) is 34.1 Å². The molecule has 1 saturated heterocycles. The van der Waals surface area contributed by atoms with Gasteiger partial charge in [-0.1, -0.05) is 0 Å². The molecule has 1 aliphatic heterocycles. The van der Waals surface area contributed by atoms with E-state index in [0.29, 0.717) is 11.8 Å². The van der Waals surface area contributed by atoms with Crippen molar-refractivity contribution in [3.05, 3.63) is 29.8 Å². The van der Waals surface area contributed by atoms with E-state index in [0.717, 1.165) is 25.9 Å². The van der Waals surface area contributed by atoms with Gasteiger partial charge in [-0.25, -0.2) is 4.39 Å². The fraction of sp³-hybridized carbons (Fsp3) is 0.643. The van der Waals surface area contributed by atoms with Crippen molar-refractivity contribution in [3.63, 3.8) is 0 Å². The third-order valence-electron chi connectivity index (χ3n) is 3.51. The number of nitrogens with one attached hydrogen (secondary N) is 1. The van der Waals surface area contributed by atoms with Gasteiger partial charge in [-0.15, -0.1) is 0 Å². The molecule has 1 aromatic heterocycles. The molecule has 2 atom stereocenters. The molecule has 3 nitrogen and oxygen atoms in total. The van der Waals surface area contributed by atoms with Gasteiger partial charge in [-0.05, 0) is 51.3 Å². The van der Waals surface area contributed by atoms with E-state index in [2.05, 4.69) is 10.3 Å². The fourth-order valence-electron chi connectivity index (χ4n) is 2.49. The molecular weight excluding hydrogens is 231 g/mol. The van der Waals surface area contributed by atoms with Gasteiger partial charge in [-0.2, -0.15) is 0 Å². The average Bonchev–Trinajstić information content (AvgIpc) is 2.89. The van der Waals surface area contributed by atoms with Crippen molar-refractivity contribution in [3.8, 4) is 0 Å². The summed E-state index contributed by atoms with van der Waals surface area (Å²) in [4.78, 5) is 4.13. The van der Waals surface area contributed by atoms with Crippen molar-refractivity contribution in [2.24, 2.45) is 0 Å². The summed E-state index contributed by atoms with van der Waals surface area (Å²) in [6.07, 6.45) is 7.39. The number of ether oxygens (including phenoxy) is 1. The minimum atomic E-state index is -0.228. The first kappa shape index (κ1) is 13.4. The van der Waals surface area contributed by atoms with Crippen LogP contribution in [0.4, 0.5) is 4.39 Å². The van der Waals surface area contributed by atoms with Crippen LogP contribution in [0.3, 0.4) is 0 Å². The number of rotatable bonds is 6. The zero-order chi connectivity index (χ0) is 12.8. The van der Waals surface area contributed by atoms with Gasteiger partial charge in [-0.3, -0.25) is 4.98 Å². The third-order valence-corrected chi connectivity index (χ3v) is 3.51. The predicted molar refractivity (Wildman–Crippen MR) is 68.8 cm³/mol. The summed E-state index contributed by atoms with van der Waals surface area (Å²) in [5.74, 6) is -0.228. The van der Waals surface area contributed by atoms with Crippen molar-refractivity contribution >= 4 is 0 Å². The first-order valence-electron chi connectivity index (χ1n) is 6.70. The van der Waals surface area contributed by atoms with Crippen molar-refractivity contribution < 1.29 is 9.13 Å². The highest BCUT2D eigenvalue weighted by Gasteiger charge is 2.18. The number of hydrogen-bond donors (Lipinski definition) is 1. The second-order valence-corrected chi connectivity index (χ2v) is 4.78. The van der Waals surface area contributed by atoms with Crippen LogP contribution in [0, 0.1) is 5.82 Å². The SMILES string of the molecule is CNC(CCCC1CCCO1)c1ncccc1F. The minimum Gasteiger partial charge on any atom is -0.378 e. The Morgan fingerprint density at radius 1 is 1.61 bits per heavy atom. The molecule has 0 spiro atoms. The molecule has 0 radical (unpaired) electrons. The standard InChI is InChI=1S/C14H21FN2O/c1-16-13(14-12(15)7-3-9-17-14)8-2-5-11-6-4-10-18-11/h3,7,9,11,13,16H,2,4-6,8,10H2,1H3. The van der Waals surface area contributed by atoms with E-state index in [9.17, 15) is 4.39 Å². The lowest BCUT2D eigenvalue weighted by Gasteiger charge is -2.17. The van der Waals surface area contributed by atoms with Crippen molar-refractivity contribution in [1.29, 1.82) is 0 Å². The second kappa shape index (κ2) is 6.81. The van der Waals surface area contributed by atoms with Crippen LogP contribution in [-0.2, 0) is 4.74 Å². The molecule has 0 saturated carbocycles. The quantitative estimate of drug-likeness (QED) is 0.845. The Labute approximate surface area is 108 Å². The van der Waals surface area contributed by atoms with Crippen LogP contribution in [0.5, 0.6) is 0 Å². The van der Waals surface area contributed by atoms with Gasteiger partial charge < -0.3 is 10.1 Å². The Morgan fingerprint density at radius 3 is 3.17 bits per heavy atom. The number of nitrogens with zero attached hydrogens (tertiary/aromatic N) is 1. The molecular formula is C14H21FN2O. The predicted octanol–water partition coefficient (Wildman–Crippen LogP) is 2.83. The Hall–Kier alpha value is -1.00. The van der Waals surface area contributed by atoms with Gasteiger partial charge in [0.1, 0.15) is 5.82 Å². The molecule has 100 valence electrons. The van der Waals surface area contributed by atoms with Crippen LogP contribution in [0.2, 0.25) is 0 Å². The van der Waals surface area contributed by atoms with E-state index in [-0.39, 0.29) is 11.9 Å². The van der Waals surface area contributed by atoms with E-state index in [1.54, 1.807) is 12.3 Å². The summed E-state index contributed by atoms with van der Waals surface area (Å²) in [6, 6.07) is 3.08. The first-order chi connectivity index (χ1) is 8.81. The van der Waals surface area contributed by atoms with Crippen LogP contribution >= 0.6 is 0 Å².